The van der Waals surface area contributed by atoms with Crippen molar-refractivity contribution in [1.82, 2.24) is 0 Å². The number of halogens is 1. The summed E-state index contributed by atoms with van der Waals surface area (Å²) in [5.41, 5.74) is 0.533. The van der Waals surface area contributed by atoms with Gasteiger partial charge >= 0.3 is 14.8 Å². The summed E-state index contributed by atoms with van der Waals surface area (Å²) in [4.78, 5) is 12.2. The van der Waals surface area contributed by atoms with Gasteiger partial charge < -0.3 is 18.0 Å². The fourth-order valence-corrected chi connectivity index (χ4v) is 4.50. The predicted octanol–water partition coefficient (Wildman–Crippen LogP) is 3.04. The van der Waals surface area contributed by atoms with Crippen LogP contribution in [0.1, 0.15) is 31.1 Å². The minimum absolute atomic E-state index is 0.0202. The first-order valence-electron chi connectivity index (χ1n) is 6.92. The van der Waals surface area contributed by atoms with Crippen LogP contribution in [0.2, 0.25) is 0 Å². The van der Waals surface area contributed by atoms with Crippen molar-refractivity contribution in [3.8, 4) is 0 Å². The molecular formula is C14H21IO5Si. The highest BCUT2D eigenvalue weighted by Gasteiger charge is 2.42. The van der Waals surface area contributed by atoms with Crippen LogP contribution in [0.4, 0.5) is 0 Å². The van der Waals surface area contributed by atoms with E-state index in [1.807, 2.05) is 32.9 Å². The molecule has 7 heteroatoms. The van der Waals surface area contributed by atoms with Gasteiger partial charge in [-0.2, -0.15) is 0 Å². The first-order chi connectivity index (χ1) is 10.1. The second-order valence-electron chi connectivity index (χ2n) is 4.04. The Kier molecular flexibility index (Phi) is 8.41. The van der Waals surface area contributed by atoms with E-state index in [9.17, 15) is 4.79 Å². The topological polar surface area (TPSA) is 54.0 Å². The molecule has 0 aromatic heterocycles. The van der Waals surface area contributed by atoms with Gasteiger partial charge in [-0.3, -0.25) is 0 Å². The highest BCUT2D eigenvalue weighted by atomic mass is 127. The largest absolute Gasteiger partial charge is 0.540 e. The fraction of sp³-hybridized carbons (Fsp3) is 0.500. The van der Waals surface area contributed by atoms with Crippen LogP contribution < -0.4 is 0 Å². The zero-order valence-electron chi connectivity index (χ0n) is 12.6. The SMILES string of the molecule is CCO[Si](COC(=O)c1ccccc1I)(OCC)OCC. The number of benzene rings is 1. The summed E-state index contributed by atoms with van der Waals surface area (Å²) < 4.78 is 23.1. The smallest absolute Gasteiger partial charge is 0.457 e. The highest BCUT2D eigenvalue weighted by molar-refractivity contribution is 14.1. The highest BCUT2D eigenvalue weighted by Crippen LogP contribution is 2.15. The number of hydrogen-bond donors (Lipinski definition) is 0. The average Bonchev–Trinajstić information content (AvgIpc) is 2.46. The lowest BCUT2D eigenvalue weighted by atomic mass is 10.2. The molecule has 0 amide bonds. The maximum atomic E-state index is 12.2. The van der Waals surface area contributed by atoms with Crippen LogP contribution in [0, 0.1) is 3.57 Å². The molecule has 0 atom stereocenters. The van der Waals surface area contributed by atoms with Crippen LogP contribution in [0.25, 0.3) is 0 Å². The van der Waals surface area contributed by atoms with Crippen LogP contribution in [-0.2, 0) is 18.0 Å². The summed E-state index contributed by atoms with van der Waals surface area (Å²) in [5.74, 6) is -0.393. The Morgan fingerprint density at radius 1 is 1.05 bits per heavy atom. The van der Waals surface area contributed by atoms with Crippen molar-refractivity contribution in [2.45, 2.75) is 20.8 Å². The van der Waals surface area contributed by atoms with Gasteiger partial charge in [-0.25, -0.2) is 4.79 Å². The van der Waals surface area contributed by atoms with Crippen LogP contribution in [0.3, 0.4) is 0 Å². The van der Waals surface area contributed by atoms with E-state index in [0.29, 0.717) is 25.4 Å². The van der Waals surface area contributed by atoms with Gasteiger partial charge in [-0.05, 0) is 55.5 Å². The quantitative estimate of drug-likeness (QED) is 0.347. The molecule has 0 saturated heterocycles. The Balaban J connectivity index is 2.76. The number of ether oxygens (including phenoxy) is 1. The maximum absolute atomic E-state index is 12.2. The summed E-state index contributed by atoms with van der Waals surface area (Å²) in [6.07, 6.45) is 0.0202. The third-order valence-corrected chi connectivity index (χ3v) is 6.19. The summed E-state index contributed by atoms with van der Waals surface area (Å²) in [6, 6.07) is 7.26. The van der Waals surface area contributed by atoms with Crippen molar-refractivity contribution in [3.63, 3.8) is 0 Å². The van der Waals surface area contributed by atoms with E-state index in [1.165, 1.54) is 0 Å². The molecule has 0 radical (unpaired) electrons. The second kappa shape index (κ2) is 9.52. The Morgan fingerprint density at radius 3 is 2.05 bits per heavy atom. The molecule has 0 spiro atoms. The van der Waals surface area contributed by atoms with Gasteiger partial charge in [0.2, 0.25) is 0 Å². The van der Waals surface area contributed by atoms with E-state index in [0.717, 1.165) is 3.57 Å². The molecule has 0 fully saturated rings. The monoisotopic (exact) mass is 424 g/mol. The van der Waals surface area contributed by atoms with E-state index in [-0.39, 0.29) is 6.23 Å². The van der Waals surface area contributed by atoms with Gasteiger partial charge in [-0.1, -0.05) is 12.1 Å². The van der Waals surface area contributed by atoms with Gasteiger partial charge in [0, 0.05) is 23.4 Å². The fourth-order valence-electron chi connectivity index (χ4n) is 1.77. The molecule has 5 nitrogen and oxygen atoms in total. The molecule has 0 aliphatic carbocycles. The Bertz CT molecular complexity index is 438. The van der Waals surface area contributed by atoms with Crippen LogP contribution in [-0.4, -0.2) is 40.8 Å². The zero-order chi connectivity index (χ0) is 15.7. The van der Waals surface area contributed by atoms with Gasteiger partial charge in [0.15, 0.2) is 6.23 Å². The average molecular weight is 424 g/mol. The summed E-state index contributed by atoms with van der Waals surface area (Å²) in [6.45, 7) is 6.94. The molecule has 0 aliphatic rings. The number of carbonyl (C=O) groups is 1. The molecular weight excluding hydrogens is 403 g/mol. The number of carbonyl (C=O) groups excluding carboxylic acids is 1. The maximum Gasteiger partial charge on any atom is 0.540 e. The molecule has 0 bridgehead atoms. The zero-order valence-corrected chi connectivity index (χ0v) is 15.7. The third-order valence-electron chi connectivity index (χ3n) is 2.57. The molecule has 0 unspecified atom stereocenters. The lowest BCUT2D eigenvalue weighted by Crippen LogP contribution is -2.51. The summed E-state index contributed by atoms with van der Waals surface area (Å²) in [7, 11) is -2.95. The van der Waals surface area contributed by atoms with E-state index >= 15 is 0 Å². The van der Waals surface area contributed by atoms with Gasteiger partial charge in [0.05, 0.1) is 5.56 Å². The predicted molar refractivity (Wildman–Crippen MR) is 90.1 cm³/mol. The summed E-state index contributed by atoms with van der Waals surface area (Å²) >= 11 is 2.10. The Morgan fingerprint density at radius 2 is 1.57 bits per heavy atom. The van der Waals surface area contributed by atoms with Crippen molar-refractivity contribution < 1.29 is 22.8 Å². The molecule has 1 aromatic carbocycles. The lowest BCUT2D eigenvalue weighted by molar-refractivity contribution is 0.0247. The van der Waals surface area contributed by atoms with E-state index in [4.69, 9.17) is 18.0 Å². The Hall–Kier alpha value is -0.483. The van der Waals surface area contributed by atoms with Crippen LogP contribution in [0.5, 0.6) is 0 Å². The molecule has 0 aliphatic heterocycles. The van der Waals surface area contributed by atoms with Crippen LogP contribution in [0.15, 0.2) is 24.3 Å². The third kappa shape index (κ3) is 5.66. The van der Waals surface area contributed by atoms with E-state index < -0.39 is 14.8 Å². The van der Waals surface area contributed by atoms with Crippen molar-refractivity contribution in [2.75, 3.05) is 26.1 Å². The minimum Gasteiger partial charge on any atom is -0.457 e. The van der Waals surface area contributed by atoms with Gasteiger partial charge in [-0.15, -0.1) is 0 Å². The normalized spacial score (nSPS) is 11.4. The molecule has 118 valence electrons. The van der Waals surface area contributed by atoms with Crippen molar-refractivity contribution in [3.05, 3.63) is 33.4 Å². The van der Waals surface area contributed by atoms with E-state index in [2.05, 4.69) is 22.6 Å². The number of esters is 1. The van der Waals surface area contributed by atoms with E-state index in [1.54, 1.807) is 12.1 Å². The molecule has 1 rings (SSSR count). The first kappa shape index (κ1) is 18.6. The van der Waals surface area contributed by atoms with Gasteiger partial charge in [0.1, 0.15) is 0 Å². The molecule has 0 heterocycles. The second-order valence-corrected chi connectivity index (χ2v) is 7.72. The molecule has 0 N–H and O–H groups in total. The first-order valence-corrected chi connectivity index (χ1v) is 9.93. The standard InChI is InChI=1S/C14H21IO5Si/c1-4-18-21(19-5-2,20-6-3)11-17-14(16)12-9-7-8-10-13(12)15/h7-10H,4-6,11H2,1-3H3. The molecule has 21 heavy (non-hydrogen) atoms. The minimum atomic E-state index is -2.95. The van der Waals surface area contributed by atoms with Crippen LogP contribution >= 0.6 is 22.6 Å². The Labute approximate surface area is 140 Å². The lowest BCUT2D eigenvalue weighted by Gasteiger charge is -2.27. The van der Waals surface area contributed by atoms with Crippen molar-refractivity contribution in [1.29, 1.82) is 0 Å². The van der Waals surface area contributed by atoms with Crippen molar-refractivity contribution >= 4 is 37.4 Å². The number of rotatable bonds is 9. The molecule has 0 saturated carbocycles. The summed E-state index contributed by atoms with van der Waals surface area (Å²) in [5, 5.41) is 0. The number of hydrogen-bond acceptors (Lipinski definition) is 5. The van der Waals surface area contributed by atoms with Gasteiger partial charge in [0.25, 0.3) is 0 Å². The van der Waals surface area contributed by atoms with Crippen molar-refractivity contribution in [2.24, 2.45) is 0 Å². The molecule has 1 aromatic rings.